The third-order valence-electron chi connectivity index (χ3n) is 4.41. The molecule has 2 N–H and O–H groups in total. The maximum absolute atomic E-state index is 13.6. The molecule has 0 spiro atoms. The Labute approximate surface area is 165 Å². The van der Waals surface area contributed by atoms with Crippen LogP contribution in [0.2, 0.25) is 0 Å². The van der Waals surface area contributed by atoms with Crippen molar-refractivity contribution in [2.24, 2.45) is 0 Å². The summed E-state index contributed by atoms with van der Waals surface area (Å²) in [7, 11) is 0. The van der Waals surface area contributed by atoms with E-state index in [1.54, 1.807) is 55.0 Å². The number of nitrogen functional groups attached to an aromatic ring is 1. The van der Waals surface area contributed by atoms with Gasteiger partial charge < -0.3 is 5.73 Å². The summed E-state index contributed by atoms with van der Waals surface area (Å²) in [4.78, 5) is 25.3. The molecule has 4 rings (SSSR count). The third-order valence-corrected chi connectivity index (χ3v) is 4.41. The second-order valence-corrected chi connectivity index (χ2v) is 6.22. The molecule has 0 unspecified atom stereocenters. The van der Waals surface area contributed by atoms with Crippen molar-refractivity contribution in [3.63, 3.8) is 0 Å². The van der Waals surface area contributed by atoms with Gasteiger partial charge in [-0.1, -0.05) is 24.3 Å². The van der Waals surface area contributed by atoms with Crippen LogP contribution in [0.15, 0.2) is 78.0 Å². The molecule has 2 aromatic carbocycles. The zero-order valence-corrected chi connectivity index (χ0v) is 15.1. The van der Waals surface area contributed by atoms with E-state index in [4.69, 9.17) is 12.3 Å². The Morgan fingerprint density at radius 3 is 2.48 bits per heavy atom. The van der Waals surface area contributed by atoms with Gasteiger partial charge >= 0.3 is 0 Å². The molecule has 0 saturated carbocycles. The lowest BCUT2D eigenvalue weighted by atomic mass is 10.0. The van der Waals surface area contributed by atoms with Crippen LogP contribution >= 0.6 is 0 Å². The zero-order chi connectivity index (χ0) is 20.4. The van der Waals surface area contributed by atoms with Crippen LogP contribution in [0.3, 0.4) is 0 Å². The van der Waals surface area contributed by atoms with Crippen LogP contribution in [0.25, 0.3) is 33.0 Å². The highest BCUT2D eigenvalue weighted by molar-refractivity contribution is 5.80. The molecule has 29 heavy (non-hydrogen) atoms. The molecule has 0 atom stereocenters. The fraction of sp³-hybridized carbons (Fsp3) is 0. The molecule has 0 radical (unpaired) electrons. The number of hydrogen-bond donors (Lipinski definition) is 1. The molecule has 0 saturated heterocycles. The van der Waals surface area contributed by atoms with Gasteiger partial charge in [-0.15, -0.1) is 0 Å². The van der Waals surface area contributed by atoms with Gasteiger partial charge in [0.05, 0.1) is 17.9 Å². The number of aromatic nitrogens is 3. The number of benzene rings is 2. The average molecular weight is 383 g/mol. The van der Waals surface area contributed by atoms with Crippen molar-refractivity contribution in [1.29, 1.82) is 0 Å². The second kappa shape index (κ2) is 7.37. The topological polar surface area (TPSA) is 78.2 Å². The van der Waals surface area contributed by atoms with Crippen molar-refractivity contribution in [3.8, 4) is 28.2 Å². The number of para-hydroxylation sites is 1. The summed E-state index contributed by atoms with van der Waals surface area (Å²) < 4.78 is 15.0. The molecule has 0 bridgehead atoms. The first-order valence-corrected chi connectivity index (χ1v) is 8.65. The van der Waals surface area contributed by atoms with Crippen LogP contribution in [0, 0.1) is 12.4 Å². The van der Waals surface area contributed by atoms with E-state index in [2.05, 4.69) is 14.8 Å². The van der Waals surface area contributed by atoms with Crippen LogP contribution in [-0.4, -0.2) is 14.5 Å². The predicted octanol–water partition coefficient (Wildman–Crippen LogP) is 4.23. The number of anilines is 1. The molecule has 0 aliphatic rings. The van der Waals surface area contributed by atoms with Crippen molar-refractivity contribution in [2.45, 2.75) is 0 Å². The number of pyridine rings is 1. The van der Waals surface area contributed by atoms with E-state index in [0.29, 0.717) is 33.9 Å². The summed E-state index contributed by atoms with van der Waals surface area (Å²) in [5.74, 6) is -0.152. The molecule has 0 aliphatic carbocycles. The fourth-order valence-electron chi connectivity index (χ4n) is 3.02. The largest absolute Gasteiger partial charge is 0.396 e. The van der Waals surface area contributed by atoms with Gasteiger partial charge in [-0.2, -0.15) is 0 Å². The molecular formula is C22H14FN5O. The number of nitrogens with zero attached hydrogens (tertiary/aromatic N) is 4. The van der Waals surface area contributed by atoms with Crippen LogP contribution in [0.5, 0.6) is 0 Å². The summed E-state index contributed by atoms with van der Waals surface area (Å²) in [6, 6.07) is 14.3. The van der Waals surface area contributed by atoms with E-state index in [-0.39, 0.29) is 11.2 Å². The Hall–Kier alpha value is -4.31. The number of nitrogens with two attached hydrogens (primary N) is 1. The zero-order valence-electron chi connectivity index (χ0n) is 15.1. The standard InChI is InChI=1S/C22H14FN5O/c1-25-20-6-3-2-5-16(20)17-11-14(21-26-9-4-10-27-21)13-28(22(17)29)15-7-8-18(23)19(24)12-15/h2-13H,24H2. The highest BCUT2D eigenvalue weighted by atomic mass is 19.1. The predicted molar refractivity (Wildman–Crippen MR) is 109 cm³/mol. The molecule has 7 heteroatoms. The normalized spacial score (nSPS) is 10.5. The molecule has 140 valence electrons. The van der Waals surface area contributed by atoms with Gasteiger partial charge in [-0.05, 0) is 35.9 Å². The van der Waals surface area contributed by atoms with E-state index in [1.165, 1.54) is 22.8 Å². The second-order valence-electron chi connectivity index (χ2n) is 6.22. The van der Waals surface area contributed by atoms with Gasteiger partial charge in [0.25, 0.3) is 5.56 Å². The maximum Gasteiger partial charge on any atom is 0.261 e. The van der Waals surface area contributed by atoms with Gasteiger partial charge in [-0.3, -0.25) is 9.36 Å². The molecule has 4 aromatic rings. The first-order valence-electron chi connectivity index (χ1n) is 8.65. The fourth-order valence-corrected chi connectivity index (χ4v) is 3.02. The Bertz CT molecular complexity index is 1310. The lowest BCUT2D eigenvalue weighted by molar-refractivity contribution is 0.632. The minimum atomic E-state index is -0.567. The van der Waals surface area contributed by atoms with Crippen molar-refractivity contribution in [2.75, 3.05) is 5.73 Å². The molecule has 0 aliphatic heterocycles. The summed E-state index contributed by atoms with van der Waals surface area (Å²) >= 11 is 0. The SMILES string of the molecule is [C-]#[N+]c1ccccc1-c1cc(-c2ncccn2)cn(-c2ccc(F)c(N)c2)c1=O. The Morgan fingerprint density at radius 2 is 1.76 bits per heavy atom. The summed E-state index contributed by atoms with van der Waals surface area (Å²) in [5, 5.41) is 0. The van der Waals surface area contributed by atoms with Crippen LogP contribution in [-0.2, 0) is 0 Å². The van der Waals surface area contributed by atoms with Crippen LogP contribution in [0.4, 0.5) is 15.8 Å². The summed E-state index contributed by atoms with van der Waals surface area (Å²) in [5.41, 5.74) is 7.38. The van der Waals surface area contributed by atoms with Gasteiger partial charge in [-0.25, -0.2) is 19.2 Å². The van der Waals surface area contributed by atoms with Gasteiger partial charge in [0, 0.05) is 29.7 Å². The van der Waals surface area contributed by atoms with E-state index in [9.17, 15) is 9.18 Å². The summed E-state index contributed by atoms with van der Waals surface area (Å²) in [6.07, 6.45) is 4.77. The van der Waals surface area contributed by atoms with Crippen LogP contribution < -0.4 is 11.3 Å². The van der Waals surface area contributed by atoms with Gasteiger partial charge in [0.2, 0.25) is 0 Å². The number of hydrogen-bond acceptors (Lipinski definition) is 4. The van der Waals surface area contributed by atoms with Crippen molar-refractivity contribution >= 4 is 11.4 Å². The highest BCUT2D eigenvalue weighted by Gasteiger charge is 2.15. The van der Waals surface area contributed by atoms with E-state index in [0.717, 1.165) is 0 Å². The van der Waals surface area contributed by atoms with Crippen molar-refractivity contribution in [1.82, 2.24) is 14.5 Å². The Kier molecular flexibility index (Phi) is 4.59. The van der Waals surface area contributed by atoms with E-state index in [1.807, 2.05) is 0 Å². The Morgan fingerprint density at radius 1 is 1.00 bits per heavy atom. The van der Waals surface area contributed by atoms with Crippen molar-refractivity contribution in [3.05, 3.63) is 101 Å². The molecule has 6 nitrogen and oxygen atoms in total. The maximum atomic E-state index is 13.6. The lowest BCUT2D eigenvalue weighted by Gasteiger charge is -2.13. The minimum Gasteiger partial charge on any atom is -0.396 e. The smallest absolute Gasteiger partial charge is 0.261 e. The highest BCUT2D eigenvalue weighted by Crippen LogP contribution is 2.30. The van der Waals surface area contributed by atoms with Crippen LogP contribution in [0.1, 0.15) is 0 Å². The van der Waals surface area contributed by atoms with E-state index >= 15 is 0 Å². The number of rotatable bonds is 3. The molecule has 2 heterocycles. The summed E-state index contributed by atoms with van der Waals surface area (Å²) in [6.45, 7) is 7.42. The first-order chi connectivity index (χ1) is 14.1. The average Bonchev–Trinajstić information content (AvgIpc) is 2.76. The van der Waals surface area contributed by atoms with E-state index < -0.39 is 5.82 Å². The number of halogens is 1. The first kappa shape index (κ1) is 18.1. The molecule has 0 amide bonds. The van der Waals surface area contributed by atoms with Gasteiger partial charge in [0.15, 0.2) is 11.5 Å². The molecular weight excluding hydrogens is 369 g/mol. The lowest BCUT2D eigenvalue weighted by Crippen LogP contribution is -2.20. The van der Waals surface area contributed by atoms with Gasteiger partial charge in [0.1, 0.15) is 5.82 Å². The minimum absolute atomic E-state index is 0.0705. The van der Waals surface area contributed by atoms with Crippen molar-refractivity contribution < 1.29 is 4.39 Å². The quantitative estimate of drug-likeness (QED) is 0.424. The third kappa shape index (κ3) is 3.35. The molecule has 0 fully saturated rings. The monoisotopic (exact) mass is 383 g/mol. The molecule has 2 aromatic heterocycles. The Balaban J connectivity index is 2.04.